The van der Waals surface area contributed by atoms with E-state index >= 15 is 0 Å². The Morgan fingerprint density at radius 2 is 2.30 bits per heavy atom. The summed E-state index contributed by atoms with van der Waals surface area (Å²) < 4.78 is 5.39. The Kier molecular flexibility index (Phi) is 3.93. The van der Waals surface area contributed by atoms with E-state index in [0.717, 1.165) is 54.5 Å². The van der Waals surface area contributed by atoms with Gasteiger partial charge in [0.25, 0.3) is 5.91 Å². The van der Waals surface area contributed by atoms with Gasteiger partial charge in [0.2, 0.25) is 5.89 Å². The van der Waals surface area contributed by atoms with Crippen molar-refractivity contribution in [1.82, 2.24) is 15.0 Å². The maximum atomic E-state index is 12.6. The molecule has 2 fully saturated rings. The van der Waals surface area contributed by atoms with E-state index in [-0.39, 0.29) is 5.91 Å². The van der Waals surface area contributed by atoms with E-state index in [1.807, 2.05) is 23.3 Å². The van der Waals surface area contributed by atoms with Gasteiger partial charge in [-0.1, -0.05) is 5.16 Å². The normalized spacial score (nSPS) is 21.6. The highest BCUT2D eigenvalue weighted by atomic mass is 32.1. The van der Waals surface area contributed by atoms with Gasteiger partial charge in [0.1, 0.15) is 0 Å². The van der Waals surface area contributed by atoms with Crippen molar-refractivity contribution < 1.29 is 9.32 Å². The van der Waals surface area contributed by atoms with E-state index in [2.05, 4.69) is 10.1 Å². The molecule has 0 unspecified atom stereocenters. The molecule has 2 aliphatic rings. The lowest BCUT2D eigenvalue weighted by Gasteiger charge is -2.31. The van der Waals surface area contributed by atoms with Crippen LogP contribution < -0.4 is 0 Å². The van der Waals surface area contributed by atoms with Gasteiger partial charge in [-0.15, -0.1) is 11.3 Å². The molecular formula is C17H21N3O2S. The highest BCUT2D eigenvalue weighted by molar-refractivity contribution is 7.12. The summed E-state index contributed by atoms with van der Waals surface area (Å²) in [6.07, 6.45) is 5.32. The molecule has 122 valence electrons. The molecule has 1 aliphatic carbocycles. The predicted octanol–water partition coefficient (Wildman–Crippen LogP) is 3.41. The molecule has 0 aromatic carbocycles. The van der Waals surface area contributed by atoms with Crippen molar-refractivity contribution in [2.24, 2.45) is 5.92 Å². The lowest BCUT2D eigenvalue weighted by atomic mass is 9.94. The van der Waals surface area contributed by atoms with Gasteiger partial charge in [0, 0.05) is 25.4 Å². The minimum Gasteiger partial charge on any atom is -0.339 e. The minimum atomic E-state index is 0.164. The lowest BCUT2D eigenvalue weighted by molar-refractivity contribution is 0.0673. The number of thiophene rings is 1. The summed E-state index contributed by atoms with van der Waals surface area (Å²) in [6.45, 7) is 3.67. The van der Waals surface area contributed by atoms with Gasteiger partial charge in [-0.05, 0) is 55.5 Å². The fraction of sp³-hybridized carbons (Fsp3) is 0.588. The Bertz CT molecular complexity index is 704. The van der Waals surface area contributed by atoms with Gasteiger partial charge in [0.15, 0.2) is 5.82 Å². The molecule has 1 amide bonds. The molecule has 3 heterocycles. The molecule has 0 N–H and O–H groups in total. The first-order valence-corrected chi connectivity index (χ1v) is 9.24. The molecule has 0 bridgehead atoms. The maximum absolute atomic E-state index is 12.6. The van der Waals surface area contributed by atoms with Crippen LogP contribution in [0, 0.1) is 12.8 Å². The fourth-order valence-corrected chi connectivity index (χ4v) is 4.09. The summed E-state index contributed by atoms with van der Waals surface area (Å²) in [5.41, 5.74) is 1.16. The molecular weight excluding hydrogens is 310 g/mol. The van der Waals surface area contributed by atoms with Crippen molar-refractivity contribution in [2.45, 2.75) is 44.9 Å². The van der Waals surface area contributed by atoms with Crippen LogP contribution in [0.5, 0.6) is 0 Å². The standard InChI is InChI=1S/C17H21N3O2S/c1-11-7-14(23-10-11)17(21)20-6-2-3-12(9-20)8-15-18-16(19-22-15)13-4-5-13/h7,10,12-13H,2-6,8-9H2,1H3/t12-/m1/s1. The molecule has 2 aromatic rings. The van der Waals surface area contributed by atoms with Crippen LogP contribution >= 0.6 is 11.3 Å². The van der Waals surface area contributed by atoms with Crippen molar-refractivity contribution in [1.29, 1.82) is 0 Å². The molecule has 1 saturated carbocycles. The molecule has 2 aromatic heterocycles. The Balaban J connectivity index is 1.39. The van der Waals surface area contributed by atoms with Crippen LogP contribution in [-0.2, 0) is 6.42 Å². The summed E-state index contributed by atoms with van der Waals surface area (Å²) in [4.78, 5) is 19.9. The number of carbonyl (C=O) groups is 1. The summed E-state index contributed by atoms with van der Waals surface area (Å²) in [7, 11) is 0. The molecule has 1 saturated heterocycles. The van der Waals surface area contributed by atoms with Crippen LogP contribution in [0.3, 0.4) is 0 Å². The van der Waals surface area contributed by atoms with Gasteiger partial charge >= 0.3 is 0 Å². The van der Waals surface area contributed by atoms with Crippen molar-refractivity contribution in [3.63, 3.8) is 0 Å². The smallest absolute Gasteiger partial charge is 0.263 e. The van der Waals surface area contributed by atoms with E-state index in [0.29, 0.717) is 11.8 Å². The predicted molar refractivity (Wildman–Crippen MR) is 87.7 cm³/mol. The number of aryl methyl sites for hydroxylation is 1. The summed E-state index contributed by atoms with van der Waals surface area (Å²) in [6, 6.07) is 1.98. The van der Waals surface area contributed by atoms with Crippen molar-refractivity contribution in [3.05, 3.63) is 33.6 Å². The zero-order valence-electron chi connectivity index (χ0n) is 13.3. The van der Waals surface area contributed by atoms with Gasteiger partial charge in [-0.2, -0.15) is 4.98 Å². The summed E-state index contributed by atoms with van der Waals surface area (Å²) in [5.74, 6) is 2.72. The van der Waals surface area contributed by atoms with Crippen LogP contribution in [0.25, 0.3) is 0 Å². The quantitative estimate of drug-likeness (QED) is 0.861. The largest absolute Gasteiger partial charge is 0.339 e. The molecule has 1 aliphatic heterocycles. The minimum absolute atomic E-state index is 0.164. The average Bonchev–Trinajstić information content (AvgIpc) is 3.16. The number of hydrogen-bond acceptors (Lipinski definition) is 5. The number of hydrogen-bond donors (Lipinski definition) is 0. The van der Waals surface area contributed by atoms with Crippen molar-refractivity contribution >= 4 is 17.2 Å². The van der Waals surface area contributed by atoms with Crippen LogP contribution in [0.15, 0.2) is 16.0 Å². The van der Waals surface area contributed by atoms with Gasteiger partial charge in [0.05, 0.1) is 4.88 Å². The third-order valence-electron chi connectivity index (χ3n) is 4.64. The molecule has 6 heteroatoms. The Morgan fingerprint density at radius 1 is 1.43 bits per heavy atom. The third-order valence-corrected chi connectivity index (χ3v) is 5.67. The molecule has 1 atom stereocenters. The third kappa shape index (κ3) is 3.32. The molecule has 0 spiro atoms. The maximum Gasteiger partial charge on any atom is 0.263 e. The number of nitrogens with zero attached hydrogens (tertiary/aromatic N) is 3. The van der Waals surface area contributed by atoms with E-state index < -0.39 is 0 Å². The number of likely N-dealkylation sites (tertiary alicyclic amines) is 1. The molecule has 5 nitrogen and oxygen atoms in total. The topological polar surface area (TPSA) is 59.2 Å². The summed E-state index contributed by atoms with van der Waals surface area (Å²) in [5, 5.41) is 6.12. The molecule has 0 radical (unpaired) electrons. The Labute approximate surface area is 139 Å². The first-order chi connectivity index (χ1) is 11.2. The number of aromatic nitrogens is 2. The fourth-order valence-electron chi connectivity index (χ4n) is 3.22. The second-order valence-corrected chi connectivity index (χ2v) is 7.68. The second kappa shape index (κ2) is 6.07. The highest BCUT2D eigenvalue weighted by Crippen LogP contribution is 2.38. The number of piperidine rings is 1. The first-order valence-electron chi connectivity index (χ1n) is 8.36. The molecule has 4 rings (SSSR count). The second-order valence-electron chi connectivity index (χ2n) is 6.77. The molecule has 23 heavy (non-hydrogen) atoms. The SMILES string of the molecule is Cc1csc(C(=O)N2CCC[C@H](Cc3nc(C4CC4)no3)C2)c1. The lowest BCUT2D eigenvalue weighted by Crippen LogP contribution is -2.40. The first kappa shape index (κ1) is 14.9. The highest BCUT2D eigenvalue weighted by Gasteiger charge is 2.30. The van der Waals surface area contributed by atoms with E-state index in [4.69, 9.17) is 4.52 Å². The van der Waals surface area contributed by atoms with Gasteiger partial charge in [-0.3, -0.25) is 4.79 Å². The van der Waals surface area contributed by atoms with Crippen LogP contribution in [-0.4, -0.2) is 34.0 Å². The number of carbonyl (C=O) groups excluding carboxylic acids is 1. The van der Waals surface area contributed by atoms with E-state index in [1.54, 1.807) is 0 Å². The van der Waals surface area contributed by atoms with Crippen molar-refractivity contribution in [3.8, 4) is 0 Å². The van der Waals surface area contributed by atoms with Crippen LogP contribution in [0.2, 0.25) is 0 Å². The van der Waals surface area contributed by atoms with E-state index in [1.165, 1.54) is 24.2 Å². The van der Waals surface area contributed by atoms with Crippen molar-refractivity contribution in [2.75, 3.05) is 13.1 Å². The Morgan fingerprint density at radius 3 is 3.04 bits per heavy atom. The van der Waals surface area contributed by atoms with Gasteiger partial charge < -0.3 is 9.42 Å². The zero-order valence-corrected chi connectivity index (χ0v) is 14.1. The summed E-state index contributed by atoms with van der Waals surface area (Å²) >= 11 is 1.54. The number of amides is 1. The number of rotatable bonds is 4. The van der Waals surface area contributed by atoms with Gasteiger partial charge in [-0.25, -0.2) is 0 Å². The van der Waals surface area contributed by atoms with E-state index in [9.17, 15) is 4.79 Å². The Hall–Kier alpha value is -1.69. The van der Waals surface area contributed by atoms with Crippen LogP contribution in [0.1, 0.15) is 58.6 Å². The zero-order chi connectivity index (χ0) is 15.8. The monoisotopic (exact) mass is 331 g/mol. The average molecular weight is 331 g/mol. The van der Waals surface area contributed by atoms with Crippen LogP contribution in [0.4, 0.5) is 0 Å².